The summed E-state index contributed by atoms with van der Waals surface area (Å²) in [5, 5.41) is 4.68. The van der Waals surface area contributed by atoms with Crippen LogP contribution < -0.4 is 5.56 Å². The molecule has 1 N–H and O–H groups in total. The number of nitrogens with zero attached hydrogens (tertiary/aromatic N) is 3. The van der Waals surface area contributed by atoms with Crippen molar-refractivity contribution in [3.05, 3.63) is 39.1 Å². The summed E-state index contributed by atoms with van der Waals surface area (Å²) in [6, 6.07) is 4.00. The fourth-order valence-corrected chi connectivity index (χ4v) is 5.04. The molecular weight excluding hydrogens is 384 g/mol. The molecule has 0 unspecified atom stereocenters. The number of H-pyrrole nitrogens is 1. The van der Waals surface area contributed by atoms with Crippen LogP contribution in [0.25, 0.3) is 20.7 Å². The summed E-state index contributed by atoms with van der Waals surface area (Å²) < 4.78 is 4.91. The average molecular weight is 405 g/mol. The molecule has 4 heterocycles. The molecular formula is C18H20N4O3S2. The van der Waals surface area contributed by atoms with E-state index in [0.29, 0.717) is 30.8 Å². The Morgan fingerprint density at radius 3 is 2.81 bits per heavy atom. The number of aromatic nitrogens is 2. The second-order valence-corrected chi connectivity index (χ2v) is 8.22. The van der Waals surface area contributed by atoms with Crippen molar-refractivity contribution in [2.24, 2.45) is 0 Å². The van der Waals surface area contributed by atoms with E-state index in [1.165, 1.54) is 18.4 Å². The normalized spacial score (nSPS) is 15.5. The molecule has 1 amide bonds. The molecule has 9 heteroatoms. The number of rotatable bonds is 5. The number of nitrogens with one attached hydrogen (secondary N) is 1. The van der Waals surface area contributed by atoms with E-state index in [-0.39, 0.29) is 18.1 Å². The Labute approximate surface area is 164 Å². The summed E-state index contributed by atoms with van der Waals surface area (Å²) >= 11 is 3.12. The Kier molecular flexibility index (Phi) is 5.35. The summed E-state index contributed by atoms with van der Waals surface area (Å²) in [4.78, 5) is 38.0. The molecule has 0 atom stereocenters. The van der Waals surface area contributed by atoms with Crippen LogP contribution in [-0.2, 0) is 16.1 Å². The van der Waals surface area contributed by atoms with Crippen LogP contribution in [0.1, 0.15) is 5.82 Å². The molecule has 0 saturated carbocycles. The van der Waals surface area contributed by atoms with Crippen molar-refractivity contribution in [2.45, 2.75) is 6.54 Å². The maximum atomic E-state index is 12.7. The minimum absolute atomic E-state index is 0.0183. The molecule has 4 rings (SSSR count). The zero-order valence-corrected chi connectivity index (χ0v) is 16.6. The molecule has 7 nitrogen and oxygen atoms in total. The van der Waals surface area contributed by atoms with Crippen LogP contribution in [0.3, 0.4) is 0 Å². The number of ether oxygens (including phenoxy) is 1. The van der Waals surface area contributed by atoms with Crippen LogP contribution in [0.15, 0.2) is 27.7 Å². The van der Waals surface area contributed by atoms with Gasteiger partial charge in [-0.3, -0.25) is 14.5 Å². The monoisotopic (exact) mass is 404 g/mol. The molecule has 0 radical (unpaired) electrons. The van der Waals surface area contributed by atoms with Gasteiger partial charge < -0.3 is 14.6 Å². The molecule has 1 aliphatic rings. The molecule has 1 saturated heterocycles. The molecule has 142 valence electrons. The topological polar surface area (TPSA) is 78.5 Å². The number of carbonyl (C=O) groups excluding carboxylic acids is 1. The highest BCUT2D eigenvalue weighted by Gasteiger charge is 2.22. The van der Waals surface area contributed by atoms with Gasteiger partial charge in [0.1, 0.15) is 17.3 Å². The summed E-state index contributed by atoms with van der Waals surface area (Å²) in [6.45, 7) is 3.52. The number of carbonyl (C=O) groups is 1. The predicted octanol–water partition coefficient (Wildman–Crippen LogP) is 2.00. The third-order valence-corrected chi connectivity index (χ3v) is 6.42. The van der Waals surface area contributed by atoms with Gasteiger partial charge in [0, 0.05) is 49.1 Å². The van der Waals surface area contributed by atoms with Gasteiger partial charge in [0.15, 0.2) is 0 Å². The number of aromatic amines is 1. The third-order valence-electron chi connectivity index (χ3n) is 4.65. The zero-order valence-electron chi connectivity index (χ0n) is 14.9. The number of hydrogen-bond donors (Lipinski definition) is 1. The van der Waals surface area contributed by atoms with Gasteiger partial charge in [-0.05, 0) is 11.4 Å². The molecule has 0 spiro atoms. The van der Waals surface area contributed by atoms with Gasteiger partial charge in [0.25, 0.3) is 5.56 Å². The lowest BCUT2D eigenvalue weighted by Crippen LogP contribution is -2.49. The van der Waals surface area contributed by atoms with E-state index in [0.717, 1.165) is 28.4 Å². The Bertz CT molecular complexity index is 988. The maximum absolute atomic E-state index is 12.7. The second-order valence-electron chi connectivity index (χ2n) is 6.41. The van der Waals surface area contributed by atoms with E-state index in [4.69, 9.17) is 4.74 Å². The van der Waals surface area contributed by atoms with Crippen LogP contribution in [0.5, 0.6) is 0 Å². The van der Waals surface area contributed by atoms with Crippen molar-refractivity contribution in [3.8, 4) is 10.4 Å². The highest BCUT2D eigenvalue weighted by molar-refractivity contribution is 7.18. The van der Waals surface area contributed by atoms with Gasteiger partial charge in [-0.1, -0.05) is 6.07 Å². The van der Waals surface area contributed by atoms with E-state index in [2.05, 4.69) is 14.9 Å². The predicted molar refractivity (Wildman–Crippen MR) is 107 cm³/mol. The van der Waals surface area contributed by atoms with Gasteiger partial charge >= 0.3 is 0 Å². The van der Waals surface area contributed by atoms with Crippen LogP contribution in [-0.4, -0.2) is 65.6 Å². The zero-order chi connectivity index (χ0) is 18.8. The molecule has 1 fully saturated rings. The highest BCUT2D eigenvalue weighted by Crippen LogP contribution is 2.33. The van der Waals surface area contributed by atoms with Gasteiger partial charge in [-0.15, -0.1) is 22.7 Å². The summed E-state index contributed by atoms with van der Waals surface area (Å²) in [7, 11) is 1.53. The Morgan fingerprint density at radius 2 is 2.11 bits per heavy atom. The van der Waals surface area contributed by atoms with Gasteiger partial charge in [0.2, 0.25) is 5.91 Å². The quantitative estimate of drug-likeness (QED) is 0.704. The van der Waals surface area contributed by atoms with E-state index >= 15 is 0 Å². The largest absolute Gasteiger partial charge is 0.375 e. The lowest BCUT2D eigenvalue weighted by atomic mass is 10.2. The number of methoxy groups -OCH3 is 1. The number of amides is 1. The molecule has 27 heavy (non-hydrogen) atoms. The van der Waals surface area contributed by atoms with E-state index < -0.39 is 0 Å². The highest BCUT2D eigenvalue weighted by atomic mass is 32.1. The molecule has 0 aromatic carbocycles. The number of hydrogen-bond acceptors (Lipinski definition) is 7. The fraction of sp³-hybridized carbons (Fsp3) is 0.389. The minimum atomic E-state index is -0.0893. The van der Waals surface area contributed by atoms with Crippen LogP contribution >= 0.6 is 22.7 Å². The van der Waals surface area contributed by atoms with Crippen molar-refractivity contribution in [1.82, 2.24) is 19.8 Å². The van der Waals surface area contributed by atoms with Gasteiger partial charge in [0.05, 0.1) is 11.9 Å². The lowest BCUT2D eigenvalue weighted by Gasteiger charge is -2.34. The summed E-state index contributed by atoms with van der Waals surface area (Å²) in [5.41, 5.74) is 0.865. The summed E-state index contributed by atoms with van der Waals surface area (Å²) in [5.74, 6) is 0.688. The first kappa shape index (κ1) is 18.3. The van der Waals surface area contributed by atoms with E-state index in [1.54, 1.807) is 11.3 Å². The molecule has 3 aromatic rings. The Morgan fingerprint density at radius 1 is 1.30 bits per heavy atom. The summed E-state index contributed by atoms with van der Waals surface area (Å²) in [6.07, 6.45) is 0. The lowest BCUT2D eigenvalue weighted by molar-refractivity contribution is -0.136. The van der Waals surface area contributed by atoms with E-state index in [9.17, 15) is 9.59 Å². The first-order valence-electron chi connectivity index (χ1n) is 8.69. The second kappa shape index (κ2) is 7.89. The van der Waals surface area contributed by atoms with Crippen LogP contribution in [0, 0.1) is 0 Å². The number of piperazine rings is 1. The Hall–Kier alpha value is -2.07. The third kappa shape index (κ3) is 3.81. The van der Waals surface area contributed by atoms with E-state index in [1.807, 2.05) is 27.8 Å². The Balaban J connectivity index is 1.48. The first-order valence-corrected chi connectivity index (χ1v) is 10.4. The van der Waals surface area contributed by atoms with Crippen LogP contribution in [0.4, 0.5) is 0 Å². The first-order chi connectivity index (χ1) is 13.2. The molecule has 0 bridgehead atoms. The minimum Gasteiger partial charge on any atom is -0.375 e. The van der Waals surface area contributed by atoms with Crippen molar-refractivity contribution < 1.29 is 9.53 Å². The van der Waals surface area contributed by atoms with Crippen molar-refractivity contribution in [2.75, 3.05) is 39.9 Å². The standard InChI is InChI=1S/C18H20N4O3S2/c1-25-10-15(23)22-6-4-21(5-7-22)9-14-19-17(24)16-12(11-27-18(16)20-14)13-3-2-8-26-13/h2-3,8,11H,4-7,9-10H2,1H3,(H,19,20,24). The van der Waals surface area contributed by atoms with Crippen LogP contribution in [0.2, 0.25) is 0 Å². The maximum Gasteiger partial charge on any atom is 0.260 e. The number of thiophene rings is 2. The molecule has 0 aliphatic carbocycles. The van der Waals surface area contributed by atoms with Crippen molar-refractivity contribution in [1.29, 1.82) is 0 Å². The fourth-order valence-electron chi connectivity index (χ4n) is 3.26. The smallest absolute Gasteiger partial charge is 0.260 e. The SMILES string of the molecule is COCC(=O)N1CCN(Cc2nc3scc(-c4cccs4)c3c(=O)[nH]2)CC1. The molecule has 1 aliphatic heterocycles. The van der Waals surface area contributed by atoms with Gasteiger partial charge in [-0.2, -0.15) is 0 Å². The number of fused-ring (bicyclic) bond motifs is 1. The van der Waals surface area contributed by atoms with Crippen molar-refractivity contribution in [3.63, 3.8) is 0 Å². The van der Waals surface area contributed by atoms with Gasteiger partial charge in [-0.25, -0.2) is 4.98 Å². The average Bonchev–Trinajstić information content (AvgIpc) is 3.32. The van der Waals surface area contributed by atoms with Crippen molar-refractivity contribution >= 4 is 38.8 Å². The molecule has 3 aromatic heterocycles.